The van der Waals surface area contributed by atoms with E-state index in [1.54, 1.807) is 0 Å². The average Bonchev–Trinajstić information content (AvgIpc) is 2.33. The maximum Gasteiger partial charge on any atom is 0.303 e. The zero-order valence-electron chi connectivity index (χ0n) is 12.0. The van der Waals surface area contributed by atoms with Crippen LogP contribution >= 0.6 is 0 Å². The van der Waals surface area contributed by atoms with Gasteiger partial charge in [-0.1, -0.05) is 51.6 Å². The topological polar surface area (TPSA) is 37.3 Å². The van der Waals surface area contributed by atoms with Crippen molar-refractivity contribution < 1.29 is 9.90 Å². The van der Waals surface area contributed by atoms with Gasteiger partial charge in [0.25, 0.3) is 0 Å². The maximum absolute atomic E-state index is 10.5. The third-order valence-electron chi connectivity index (χ3n) is 3.13. The Bertz CT molecular complexity index is 483. The van der Waals surface area contributed by atoms with Gasteiger partial charge in [0.2, 0.25) is 0 Å². The molecular formula is C17H22O2. The molecule has 0 amide bonds. The van der Waals surface area contributed by atoms with Crippen LogP contribution in [0.25, 0.3) is 5.57 Å². The fraction of sp³-hybridized carbons (Fsp3) is 0.412. The van der Waals surface area contributed by atoms with Crippen LogP contribution in [0, 0.1) is 0 Å². The fourth-order valence-electron chi connectivity index (χ4n) is 1.92. The Morgan fingerprint density at radius 3 is 2.21 bits per heavy atom. The van der Waals surface area contributed by atoms with Crippen molar-refractivity contribution in [1.29, 1.82) is 0 Å². The Kier molecular flexibility index (Phi) is 5.14. The van der Waals surface area contributed by atoms with Gasteiger partial charge < -0.3 is 5.11 Å². The van der Waals surface area contributed by atoms with E-state index in [-0.39, 0.29) is 11.8 Å². The Morgan fingerprint density at radius 2 is 1.79 bits per heavy atom. The van der Waals surface area contributed by atoms with Gasteiger partial charge in [0.1, 0.15) is 0 Å². The molecular weight excluding hydrogens is 236 g/mol. The van der Waals surface area contributed by atoms with Crippen LogP contribution < -0.4 is 0 Å². The van der Waals surface area contributed by atoms with Crippen LogP contribution in [0.15, 0.2) is 36.6 Å². The van der Waals surface area contributed by atoms with Crippen molar-refractivity contribution in [1.82, 2.24) is 0 Å². The van der Waals surface area contributed by atoms with E-state index >= 15 is 0 Å². The van der Waals surface area contributed by atoms with E-state index in [9.17, 15) is 4.79 Å². The molecule has 2 nitrogen and oxygen atoms in total. The van der Waals surface area contributed by atoms with Crippen LogP contribution in [0.1, 0.15) is 51.2 Å². The summed E-state index contributed by atoms with van der Waals surface area (Å²) in [6.07, 6.45) is 1.50. The molecule has 0 unspecified atom stereocenters. The van der Waals surface area contributed by atoms with Gasteiger partial charge in [-0.15, -0.1) is 5.73 Å². The molecule has 1 aromatic carbocycles. The van der Waals surface area contributed by atoms with Crippen molar-refractivity contribution in [3.05, 3.63) is 47.7 Å². The SMILES string of the molecule is C=C=C(CCCC(=O)O)c1ccc(C(C)(C)C)cc1. The highest BCUT2D eigenvalue weighted by molar-refractivity contribution is 5.68. The molecule has 102 valence electrons. The van der Waals surface area contributed by atoms with Crippen LogP contribution in [0.5, 0.6) is 0 Å². The van der Waals surface area contributed by atoms with Gasteiger partial charge in [0, 0.05) is 12.0 Å². The number of carbonyl (C=O) groups is 1. The van der Waals surface area contributed by atoms with Crippen LogP contribution in [-0.2, 0) is 10.2 Å². The number of hydrogen-bond donors (Lipinski definition) is 1. The summed E-state index contributed by atoms with van der Waals surface area (Å²) in [5.74, 6) is -0.758. The molecule has 1 rings (SSSR count). The highest BCUT2D eigenvalue weighted by Gasteiger charge is 2.13. The van der Waals surface area contributed by atoms with Crippen molar-refractivity contribution in [2.75, 3.05) is 0 Å². The molecule has 0 aliphatic carbocycles. The molecule has 0 bridgehead atoms. The fourth-order valence-corrected chi connectivity index (χ4v) is 1.92. The van der Waals surface area contributed by atoms with E-state index in [0.717, 1.165) is 11.1 Å². The van der Waals surface area contributed by atoms with E-state index in [4.69, 9.17) is 5.11 Å². The Labute approximate surface area is 115 Å². The molecule has 0 spiro atoms. The summed E-state index contributed by atoms with van der Waals surface area (Å²) < 4.78 is 0. The Morgan fingerprint density at radius 1 is 1.21 bits per heavy atom. The van der Waals surface area contributed by atoms with Crippen LogP contribution in [-0.4, -0.2) is 11.1 Å². The van der Waals surface area contributed by atoms with E-state index in [1.807, 2.05) is 0 Å². The first kappa shape index (κ1) is 15.3. The van der Waals surface area contributed by atoms with Gasteiger partial charge in [0.05, 0.1) is 0 Å². The summed E-state index contributed by atoms with van der Waals surface area (Å²) >= 11 is 0. The number of rotatable bonds is 5. The summed E-state index contributed by atoms with van der Waals surface area (Å²) in [6, 6.07) is 8.36. The van der Waals surface area contributed by atoms with Crippen molar-refractivity contribution in [3.8, 4) is 0 Å². The number of hydrogen-bond acceptors (Lipinski definition) is 1. The lowest BCUT2D eigenvalue weighted by Gasteiger charge is -2.19. The van der Waals surface area contributed by atoms with Crippen LogP contribution in [0.2, 0.25) is 0 Å². The Hall–Kier alpha value is -1.79. The number of carboxylic acids is 1. The van der Waals surface area contributed by atoms with Gasteiger partial charge in [-0.25, -0.2) is 0 Å². The molecule has 0 heterocycles. The average molecular weight is 258 g/mol. The van der Waals surface area contributed by atoms with Crippen molar-refractivity contribution in [2.24, 2.45) is 0 Å². The third-order valence-corrected chi connectivity index (χ3v) is 3.13. The van der Waals surface area contributed by atoms with Crippen LogP contribution in [0.3, 0.4) is 0 Å². The smallest absolute Gasteiger partial charge is 0.303 e. The standard InChI is InChI=1S/C17H22O2/c1-5-13(7-6-8-16(18)19)14-9-11-15(12-10-14)17(2,3)4/h9-12H,1,6-8H2,2-4H3,(H,18,19). The molecule has 0 aliphatic rings. The quantitative estimate of drug-likeness (QED) is 0.794. The van der Waals surface area contributed by atoms with E-state index in [2.05, 4.69) is 57.3 Å². The lowest BCUT2D eigenvalue weighted by atomic mass is 9.86. The van der Waals surface area contributed by atoms with Crippen LogP contribution in [0.4, 0.5) is 0 Å². The summed E-state index contributed by atoms with van der Waals surface area (Å²) in [5, 5.41) is 8.65. The number of allylic oxidation sites excluding steroid dienone is 1. The van der Waals surface area contributed by atoms with E-state index in [0.29, 0.717) is 12.8 Å². The molecule has 0 saturated heterocycles. The summed E-state index contributed by atoms with van der Waals surface area (Å²) in [5.41, 5.74) is 6.41. The molecule has 0 fully saturated rings. The molecule has 0 radical (unpaired) electrons. The second-order valence-electron chi connectivity index (χ2n) is 5.73. The summed E-state index contributed by atoms with van der Waals surface area (Å²) in [6.45, 7) is 10.2. The maximum atomic E-state index is 10.5. The van der Waals surface area contributed by atoms with Gasteiger partial charge >= 0.3 is 5.97 Å². The minimum atomic E-state index is -0.758. The molecule has 0 saturated carbocycles. The van der Waals surface area contributed by atoms with Gasteiger partial charge in [-0.05, 0) is 29.4 Å². The largest absolute Gasteiger partial charge is 0.481 e. The molecule has 0 aliphatic heterocycles. The zero-order valence-corrected chi connectivity index (χ0v) is 12.0. The number of carboxylic acid groups (broad SMARTS) is 1. The van der Waals surface area contributed by atoms with Crippen molar-refractivity contribution in [3.63, 3.8) is 0 Å². The van der Waals surface area contributed by atoms with E-state index in [1.165, 1.54) is 5.56 Å². The highest BCUT2D eigenvalue weighted by Crippen LogP contribution is 2.25. The van der Waals surface area contributed by atoms with Gasteiger partial charge in [-0.3, -0.25) is 4.79 Å². The third kappa shape index (κ3) is 4.76. The lowest BCUT2D eigenvalue weighted by Crippen LogP contribution is -2.10. The molecule has 0 aromatic heterocycles. The first-order valence-electron chi connectivity index (χ1n) is 6.56. The second-order valence-corrected chi connectivity index (χ2v) is 5.73. The van der Waals surface area contributed by atoms with Crippen molar-refractivity contribution >= 4 is 11.5 Å². The molecule has 0 atom stereocenters. The predicted molar refractivity (Wildman–Crippen MR) is 79.2 cm³/mol. The first-order chi connectivity index (χ1) is 8.84. The minimum absolute atomic E-state index is 0.139. The first-order valence-corrected chi connectivity index (χ1v) is 6.56. The lowest BCUT2D eigenvalue weighted by molar-refractivity contribution is -0.137. The number of benzene rings is 1. The van der Waals surface area contributed by atoms with Gasteiger partial charge in [0.15, 0.2) is 0 Å². The molecule has 1 N–H and O–H groups in total. The molecule has 2 heteroatoms. The monoisotopic (exact) mass is 258 g/mol. The Balaban J connectivity index is 2.78. The highest BCUT2D eigenvalue weighted by atomic mass is 16.4. The van der Waals surface area contributed by atoms with Crippen molar-refractivity contribution in [2.45, 2.75) is 45.4 Å². The summed E-state index contributed by atoms with van der Waals surface area (Å²) in [7, 11) is 0. The van der Waals surface area contributed by atoms with Gasteiger partial charge in [-0.2, -0.15) is 0 Å². The molecule has 19 heavy (non-hydrogen) atoms. The summed E-state index contributed by atoms with van der Waals surface area (Å²) in [4.78, 5) is 10.5. The van der Waals surface area contributed by atoms with E-state index < -0.39 is 5.97 Å². The minimum Gasteiger partial charge on any atom is -0.481 e. The zero-order chi connectivity index (χ0) is 14.5. The predicted octanol–water partition coefficient (Wildman–Crippen LogP) is 4.41. The second kappa shape index (κ2) is 6.40. The normalized spacial score (nSPS) is 10.9. The molecule has 1 aromatic rings. The number of aliphatic carboxylic acids is 1.